The molecule has 5 nitrogen and oxygen atoms in total. The van der Waals surface area contributed by atoms with Crippen molar-refractivity contribution in [3.05, 3.63) is 65.0 Å². The zero-order chi connectivity index (χ0) is 21.9. The fourth-order valence-electron chi connectivity index (χ4n) is 3.32. The van der Waals surface area contributed by atoms with Crippen molar-refractivity contribution in [3.8, 4) is 5.75 Å². The van der Waals surface area contributed by atoms with Crippen LogP contribution >= 0.6 is 0 Å². The van der Waals surface area contributed by atoms with E-state index in [0.29, 0.717) is 31.0 Å². The van der Waals surface area contributed by atoms with E-state index in [1.807, 2.05) is 12.1 Å². The third-order valence-corrected chi connectivity index (χ3v) is 4.87. The van der Waals surface area contributed by atoms with Gasteiger partial charge in [-0.15, -0.1) is 0 Å². The maximum Gasteiger partial charge on any atom is 0.416 e. The number of nitrogens with zero attached hydrogens (tertiary/aromatic N) is 1. The number of methoxy groups -OCH3 is 1. The number of nitrogens with one attached hydrogen (secondary N) is 1. The molecule has 2 amide bonds. The van der Waals surface area contributed by atoms with Crippen LogP contribution in [0.5, 0.6) is 5.75 Å². The van der Waals surface area contributed by atoms with E-state index >= 15 is 0 Å². The van der Waals surface area contributed by atoms with Crippen LogP contribution in [0.3, 0.4) is 0 Å². The minimum absolute atomic E-state index is 0.0739. The van der Waals surface area contributed by atoms with Crippen molar-refractivity contribution in [3.63, 3.8) is 0 Å². The van der Waals surface area contributed by atoms with E-state index in [9.17, 15) is 27.2 Å². The van der Waals surface area contributed by atoms with Gasteiger partial charge in [0.2, 0.25) is 5.91 Å². The number of hydrogen-bond acceptors (Lipinski definition) is 3. The van der Waals surface area contributed by atoms with Gasteiger partial charge in [0, 0.05) is 37.5 Å². The molecule has 30 heavy (non-hydrogen) atoms. The number of hydrogen-bond donors (Lipinski definition) is 1. The maximum atomic E-state index is 13.5. The third kappa shape index (κ3) is 5.28. The van der Waals surface area contributed by atoms with Crippen LogP contribution in [0, 0.1) is 11.7 Å². The van der Waals surface area contributed by atoms with E-state index in [1.54, 1.807) is 24.1 Å². The molecular formula is C21H20F4N2O3. The van der Waals surface area contributed by atoms with Gasteiger partial charge in [-0.2, -0.15) is 13.2 Å². The number of benzene rings is 2. The first-order valence-electron chi connectivity index (χ1n) is 9.22. The summed E-state index contributed by atoms with van der Waals surface area (Å²) in [4.78, 5) is 26.1. The predicted molar refractivity (Wildman–Crippen MR) is 100 cm³/mol. The van der Waals surface area contributed by atoms with Gasteiger partial charge in [0.05, 0.1) is 12.7 Å². The second-order valence-corrected chi connectivity index (χ2v) is 7.13. The van der Waals surface area contributed by atoms with Crippen LogP contribution in [-0.2, 0) is 17.5 Å². The molecule has 1 atom stereocenters. The SMILES string of the molecule is COc1ccc(CN2CC(CNC(=O)c3cc(F)cc(C(F)(F)F)c3)CC2=O)cc1. The summed E-state index contributed by atoms with van der Waals surface area (Å²) >= 11 is 0. The van der Waals surface area contributed by atoms with Gasteiger partial charge < -0.3 is 15.0 Å². The molecule has 1 unspecified atom stereocenters. The topological polar surface area (TPSA) is 58.6 Å². The normalized spacial score (nSPS) is 16.6. The Morgan fingerprint density at radius 2 is 1.90 bits per heavy atom. The number of alkyl halides is 3. The molecule has 1 N–H and O–H groups in total. The summed E-state index contributed by atoms with van der Waals surface area (Å²) in [6, 6.07) is 8.98. The Labute approximate surface area is 170 Å². The lowest BCUT2D eigenvalue weighted by Crippen LogP contribution is -2.31. The molecular weight excluding hydrogens is 404 g/mol. The summed E-state index contributed by atoms with van der Waals surface area (Å²) < 4.78 is 57.0. The highest BCUT2D eigenvalue weighted by Gasteiger charge is 2.33. The van der Waals surface area contributed by atoms with E-state index < -0.39 is 29.0 Å². The van der Waals surface area contributed by atoms with Crippen molar-refractivity contribution in [1.82, 2.24) is 10.2 Å². The van der Waals surface area contributed by atoms with Gasteiger partial charge in [-0.25, -0.2) is 4.39 Å². The van der Waals surface area contributed by atoms with Crippen LogP contribution in [0.1, 0.15) is 27.9 Å². The van der Waals surface area contributed by atoms with Gasteiger partial charge in [0.25, 0.3) is 5.91 Å². The highest BCUT2D eigenvalue weighted by Crippen LogP contribution is 2.30. The van der Waals surface area contributed by atoms with Crippen molar-refractivity contribution in [2.75, 3.05) is 20.2 Å². The van der Waals surface area contributed by atoms with Crippen LogP contribution in [0.15, 0.2) is 42.5 Å². The largest absolute Gasteiger partial charge is 0.497 e. The third-order valence-electron chi connectivity index (χ3n) is 4.87. The van der Waals surface area contributed by atoms with Crippen LogP contribution in [-0.4, -0.2) is 36.9 Å². The number of ether oxygens (including phenoxy) is 1. The molecule has 0 spiro atoms. The Morgan fingerprint density at radius 3 is 2.53 bits per heavy atom. The summed E-state index contributed by atoms with van der Waals surface area (Å²) in [5, 5.41) is 2.50. The minimum atomic E-state index is -4.75. The van der Waals surface area contributed by atoms with Gasteiger partial charge in [-0.1, -0.05) is 12.1 Å². The van der Waals surface area contributed by atoms with Crippen LogP contribution in [0.2, 0.25) is 0 Å². The number of likely N-dealkylation sites (tertiary alicyclic amines) is 1. The highest BCUT2D eigenvalue weighted by atomic mass is 19.4. The minimum Gasteiger partial charge on any atom is -0.497 e. The molecule has 3 rings (SSSR count). The first-order valence-corrected chi connectivity index (χ1v) is 9.22. The zero-order valence-corrected chi connectivity index (χ0v) is 16.1. The predicted octanol–water partition coefficient (Wildman–Crippen LogP) is 3.63. The van der Waals surface area contributed by atoms with Gasteiger partial charge in [-0.05, 0) is 35.9 Å². The van der Waals surface area contributed by atoms with Gasteiger partial charge in [0.1, 0.15) is 11.6 Å². The smallest absolute Gasteiger partial charge is 0.416 e. The zero-order valence-electron chi connectivity index (χ0n) is 16.1. The molecule has 0 radical (unpaired) electrons. The first-order chi connectivity index (χ1) is 14.2. The molecule has 0 saturated carbocycles. The maximum absolute atomic E-state index is 13.5. The summed E-state index contributed by atoms with van der Waals surface area (Å²) in [6.45, 7) is 0.912. The molecule has 1 fully saturated rings. The standard InChI is InChI=1S/C21H20F4N2O3/c1-30-18-4-2-13(3-5-18)11-27-12-14(6-19(27)28)10-26-20(29)15-7-16(21(23,24)25)9-17(22)8-15/h2-5,7-9,14H,6,10-12H2,1H3,(H,26,29). The van der Waals surface area contributed by atoms with Gasteiger partial charge in [0.15, 0.2) is 0 Å². The van der Waals surface area contributed by atoms with E-state index in [-0.39, 0.29) is 24.8 Å². The van der Waals surface area contributed by atoms with Crippen molar-refractivity contribution >= 4 is 11.8 Å². The second-order valence-electron chi connectivity index (χ2n) is 7.13. The quantitative estimate of drug-likeness (QED) is 0.721. The molecule has 9 heteroatoms. The highest BCUT2D eigenvalue weighted by molar-refractivity contribution is 5.94. The average molecular weight is 424 g/mol. The molecule has 1 saturated heterocycles. The monoisotopic (exact) mass is 424 g/mol. The van der Waals surface area contributed by atoms with Crippen molar-refractivity contribution in [2.24, 2.45) is 5.92 Å². The summed E-state index contributed by atoms with van der Waals surface area (Å²) in [5.41, 5.74) is -0.718. The van der Waals surface area contributed by atoms with E-state index in [2.05, 4.69) is 5.32 Å². The average Bonchev–Trinajstić information content (AvgIpc) is 3.05. The number of carbonyl (C=O) groups excluding carboxylic acids is 2. The van der Waals surface area contributed by atoms with Crippen LogP contribution in [0.4, 0.5) is 17.6 Å². The molecule has 0 aliphatic carbocycles. The van der Waals surface area contributed by atoms with Crippen LogP contribution < -0.4 is 10.1 Å². The Morgan fingerprint density at radius 1 is 1.20 bits per heavy atom. The van der Waals surface area contributed by atoms with E-state index in [0.717, 1.165) is 11.6 Å². The Kier molecular flexibility index (Phi) is 6.28. The number of rotatable bonds is 6. The van der Waals surface area contributed by atoms with Crippen LogP contribution in [0.25, 0.3) is 0 Å². The lowest BCUT2D eigenvalue weighted by Gasteiger charge is -2.17. The fourth-order valence-corrected chi connectivity index (χ4v) is 3.32. The Bertz CT molecular complexity index is 929. The first kappa shape index (κ1) is 21.6. The van der Waals surface area contributed by atoms with Gasteiger partial charge in [-0.3, -0.25) is 9.59 Å². The Hall–Kier alpha value is -3.10. The Balaban J connectivity index is 1.57. The number of halogens is 4. The number of amides is 2. The molecule has 2 aromatic carbocycles. The van der Waals surface area contributed by atoms with E-state index in [1.165, 1.54) is 0 Å². The molecule has 1 aliphatic rings. The lowest BCUT2D eigenvalue weighted by molar-refractivity contribution is -0.137. The van der Waals surface area contributed by atoms with Crippen molar-refractivity contribution < 1.29 is 31.9 Å². The lowest BCUT2D eigenvalue weighted by atomic mass is 10.1. The molecule has 1 aliphatic heterocycles. The molecule has 160 valence electrons. The van der Waals surface area contributed by atoms with Gasteiger partial charge >= 0.3 is 6.18 Å². The fraction of sp³-hybridized carbons (Fsp3) is 0.333. The second kappa shape index (κ2) is 8.73. The summed E-state index contributed by atoms with van der Waals surface area (Å²) in [7, 11) is 1.56. The summed E-state index contributed by atoms with van der Waals surface area (Å²) in [5.74, 6) is -1.51. The van der Waals surface area contributed by atoms with Crippen molar-refractivity contribution in [2.45, 2.75) is 19.1 Å². The molecule has 0 aromatic heterocycles. The molecule has 1 heterocycles. The molecule has 2 aromatic rings. The van der Waals surface area contributed by atoms with E-state index in [4.69, 9.17) is 4.74 Å². The van der Waals surface area contributed by atoms with Crippen molar-refractivity contribution in [1.29, 1.82) is 0 Å². The molecule has 0 bridgehead atoms. The number of carbonyl (C=O) groups is 2. The summed E-state index contributed by atoms with van der Waals surface area (Å²) in [6.07, 6.45) is -4.54.